The molecule has 3 rings (SSSR count). The van der Waals surface area contributed by atoms with Gasteiger partial charge in [-0.15, -0.1) is 0 Å². The molecular formula is C17H19N3O. The van der Waals surface area contributed by atoms with E-state index in [1.807, 2.05) is 53.4 Å². The molecule has 1 aliphatic heterocycles. The van der Waals surface area contributed by atoms with Crippen molar-refractivity contribution in [2.24, 2.45) is 5.73 Å². The SMILES string of the molecule is CCC(N)c1ccccc1N1CC(=O)Nc2ccccc21. The largest absolute Gasteiger partial charge is 0.330 e. The Balaban J connectivity index is 2.11. The molecule has 3 N–H and O–H groups in total. The fourth-order valence-electron chi connectivity index (χ4n) is 2.71. The Morgan fingerprint density at radius 2 is 1.81 bits per heavy atom. The number of nitrogens with zero attached hydrogens (tertiary/aromatic N) is 1. The molecule has 0 saturated carbocycles. The molecule has 2 aromatic carbocycles. The standard InChI is InChI=1S/C17H19N3O/c1-2-13(18)12-7-3-5-9-15(12)20-11-17(21)19-14-8-4-6-10-16(14)20/h3-10,13H,2,11,18H2,1H3,(H,19,21). The number of fused-ring (bicyclic) bond motifs is 1. The quantitative estimate of drug-likeness (QED) is 0.908. The Morgan fingerprint density at radius 3 is 2.57 bits per heavy atom. The maximum Gasteiger partial charge on any atom is 0.244 e. The van der Waals surface area contributed by atoms with Crippen molar-refractivity contribution in [1.82, 2.24) is 0 Å². The van der Waals surface area contributed by atoms with E-state index in [1.165, 1.54) is 0 Å². The van der Waals surface area contributed by atoms with E-state index in [0.717, 1.165) is 29.0 Å². The van der Waals surface area contributed by atoms with Crippen LogP contribution in [-0.2, 0) is 4.79 Å². The van der Waals surface area contributed by atoms with E-state index in [0.29, 0.717) is 6.54 Å². The van der Waals surface area contributed by atoms with Crippen LogP contribution in [0.15, 0.2) is 48.5 Å². The zero-order valence-electron chi connectivity index (χ0n) is 12.0. The highest BCUT2D eigenvalue weighted by atomic mass is 16.2. The number of hydrogen-bond acceptors (Lipinski definition) is 3. The van der Waals surface area contributed by atoms with E-state index in [2.05, 4.69) is 12.2 Å². The van der Waals surface area contributed by atoms with Crippen molar-refractivity contribution < 1.29 is 4.79 Å². The van der Waals surface area contributed by atoms with Gasteiger partial charge < -0.3 is 16.0 Å². The van der Waals surface area contributed by atoms with Gasteiger partial charge in [0.1, 0.15) is 6.54 Å². The number of anilines is 3. The van der Waals surface area contributed by atoms with Gasteiger partial charge >= 0.3 is 0 Å². The molecule has 21 heavy (non-hydrogen) atoms. The number of hydrogen-bond donors (Lipinski definition) is 2. The van der Waals surface area contributed by atoms with Gasteiger partial charge in [0.2, 0.25) is 5.91 Å². The number of carbonyl (C=O) groups is 1. The highest BCUT2D eigenvalue weighted by molar-refractivity contribution is 6.03. The first-order chi connectivity index (χ1) is 10.2. The summed E-state index contributed by atoms with van der Waals surface area (Å²) in [6, 6.07) is 15.8. The number of para-hydroxylation sites is 3. The molecule has 1 aliphatic rings. The summed E-state index contributed by atoms with van der Waals surface area (Å²) in [5.74, 6) is -0.00595. The van der Waals surface area contributed by atoms with Crippen LogP contribution in [0, 0.1) is 0 Å². The van der Waals surface area contributed by atoms with Crippen molar-refractivity contribution in [1.29, 1.82) is 0 Å². The first-order valence-corrected chi connectivity index (χ1v) is 7.21. The zero-order valence-corrected chi connectivity index (χ0v) is 12.0. The van der Waals surface area contributed by atoms with Crippen LogP contribution in [0.3, 0.4) is 0 Å². The molecule has 0 radical (unpaired) electrons. The fraction of sp³-hybridized carbons (Fsp3) is 0.235. The first-order valence-electron chi connectivity index (χ1n) is 7.21. The molecule has 0 aliphatic carbocycles. The number of rotatable bonds is 3. The predicted molar refractivity (Wildman–Crippen MR) is 85.7 cm³/mol. The number of benzene rings is 2. The lowest BCUT2D eigenvalue weighted by Gasteiger charge is -2.33. The Bertz CT molecular complexity index is 669. The van der Waals surface area contributed by atoms with Crippen LogP contribution < -0.4 is 16.0 Å². The minimum atomic E-state index is -0.0293. The van der Waals surface area contributed by atoms with Crippen molar-refractivity contribution in [2.75, 3.05) is 16.8 Å². The van der Waals surface area contributed by atoms with E-state index in [-0.39, 0.29) is 11.9 Å². The van der Waals surface area contributed by atoms with Gasteiger partial charge in [0, 0.05) is 11.7 Å². The molecule has 108 valence electrons. The molecule has 1 amide bonds. The lowest BCUT2D eigenvalue weighted by Crippen LogP contribution is -2.35. The first kappa shape index (κ1) is 13.6. The fourth-order valence-corrected chi connectivity index (χ4v) is 2.71. The van der Waals surface area contributed by atoms with E-state index in [1.54, 1.807) is 0 Å². The molecule has 1 atom stereocenters. The van der Waals surface area contributed by atoms with Gasteiger partial charge in [-0.05, 0) is 30.2 Å². The predicted octanol–water partition coefficient (Wildman–Crippen LogP) is 3.19. The van der Waals surface area contributed by atoms with Gasteiger partial charge in [0.15, 0.2) is 0 Å². The van der Waals surface area contributed by atoms with E-state index < -0.39 is 0 Å². The van der Waals surface area contributed by atoms with Gasteiger partial charge in [0.05, 0.1) is 11.4 Å². The summed E-state index contributed by atoms with van der Waals surface area (Å²) < 4.78 is 0. The molecule has 0 fully saturated rings. The molecule has 0 bridgehead atoms. The summed E-state index contributed by atoms with van der Waals surface area (Å²) >= 11 is 0. The van der Waals surface area contributed by atoms with Crippen LogP contribution in [0.5, 0.6) is 0 Å². The van der Waals surface area contributed by atoms with Crippen LogP contribution in [0.1, 0.15) is 24.9 Å². The third-order valence-electron chi connectivity index (χ3n) is 3.84. The highest BCUT2D eigenvalue weighted by Gasteiger charge is 2.25. The summed E-state index contributed by atoms with van der Waals surface area (Å²) in [7, 11) is 0. The van der Waals surface area contributed by atoms with Crippen molar-refractivity contribution in [2.45, 2.75) is 19.4 Å². The molecule has 1 unspecified atom stereocenters. The molecule has 1 heterocycles. The van der Waals surface area contributed by atoms with Crippen molar-refractivity contribution >= 4 is 23.0 Å². The Labute approximate surface area is 124 Å². The summed E-state index contributed by atoms with van der Waals surface area (Å²) in [5, 5.41) is 2.91. The summed E-state index contributed by atoms with van der Waals surface area (Å²) in [4.78, 5) is 14.0. The lowest BCUT2D eigenvalue weighted by atomic mass is 10.0. The second-order valence-corrected chi connectivity index (χ2v) is 5.23. The second-order valence-electron chi connectivity index (χ2n) is 5.23. The molecule has 4 heteroatoms. The van der Waals surface area contributed by atoms with E-state index in [4.69, 9.17) is 5.73 Å². The van der Waals surface area contributed by atoms with Gasteiger partial charge in [-0.25, -0.2) is 0 Å². The van der Waals surface area contributed by atoms with Crippen LogP contribution in [0.2, 0.25) is 0 Å². The van der Waals surface area contributed by atoms with Gasteiger partial charge in [0.25, 0.3) is 0 Å². The lowest BCUT2D eigenvalue weighted by molar-refractivity contribution is -0.115. The smallest absolute Gasteiger partial charge is 0.244 e. The third kappa shape index (κ3) is 2.50. The Morgan fingerprint density at radius 1 is 1.14 bits per heavy atom. The van der Waals surface area contributed by atoms with Crippen molar-refractivity contribution in [3.63, 3.8) is 0 Å². The van der Waals surface area contributed by atoms with Crippen LogP contribution in [-0.4, -0.2) is 12.5 Å². The molecule has 0 spiro atoms. The minimum absolute atomic E-state index is 0.00595. The minimum Gasteiger partial charge on any atom is -0.330 e. The number of carbonyl (C=O) groups excluding carboxylic acids is 1. The van der Waals surface area contributed by atoms with Crippen LogP contribution >= 0.6 is 0 Å². The van der Waals surface area contributed by atoms with Gasteiger partial charge in [-0.2, -0.15) is 0 Å². The topological polar surface area (TPSA) is 58.4 Å². The van der Waals surface area contributed by atoms with Crippen molar-refractivity contribution in [3.8, 4) is 0 Å². The van der Waals surface area contributed by atoms with Crippen molar-refractivity contribution in [3.05, 3.63) is 54.1 Å². The maximum atomic E-state index is 12.0. The maximum absolute atomic E-state index is 12.0. The molecule has 0 aromatic heterocycles. The number of nitrogens with one attached hydrogen (secondary N) is 1. The average molecular weight is 281 g/mol. The summed E-state index contributed by atoms with van der Waals surface area (Å²) in [6.07, 6.45) is 0.860. The monoisotopic (exact) mass is 281 g/mol. The van der Waals surface area contributed by atoms with E-state index >= 15 is 0 Å². The van der Waals surface area contributed by atoms with Gasteiger partial charge in [-0.3, -0.25) is 4.79 Å². The molecule has 2 aromatic rings. The number of nitrogens with two attached hydrogens (primary N) is 1. The average Bonchev–Trinajstić information content (AvgIpc) is 2.53. The third-order valence-corrected chi connectivity index (χ3v) is 3.84. The van der Waals surface area contributed by atoms with E-state index in [9.17, 15) is 4.79 Å². The highest BCUT2D eigenvalue weighted by Crippen LogP contribution is 2.37. The second kappa shape index (κ2) is 5.58. The molecule has 4 nitrogen and oxygen atoms in total. The Hall–Kier alpha value is -2.33. The summed E-state index contributed by atoms with van der Waals surface area (Å²) in [5.41, 5.74) is 10.2. The summed E-state index contributed by atoms with van der Waals surface area (Å²) in [6.45, 7) is 2.38. The van der Waals surface area contributed by atoms with Gasteiger partial charge in [-0.1, -0.05) is 37.3 Å². The molecular weight excluding hydrogens is 262 g/mol. The number of amides is 1. The zero-order chi connectivity index (χ0) is 14.8. The normalized spacial score (nSPS) is 15.3. The molecule has 0 saturated heterocycles. The van der Waals surface area contributed by atoms with Crippen LogP contribution in [0.25, 0.3) is 0 Å². The van der Waals surface area contributed by atoms with Crippen LogP contribution in [0.4, 0.5) is 17.1 Å². The Kier molecular flexibility index (Phi) is 3.62.